The maximum atomic E-state index is 12.3. The van der Waals surface area contributed by atoms with Gasteiger partial charge in [0.05, 0.1) is 24.0 Å². The van der Waals surface area contributed by atoms with Crippen LogP contribution < -0.4 is 10.5 Å². The first-order valence-electron chi connectivity index (χ1n) is 6.22. The molecule has 0 fully saturated rings. The Kier molecular flexibility index (Phi) is 6.00. The van der Waals surface area contributed by atoms with Crippen LogP contribution in [0.2, 0.25) is 0 Å². The van der Waals surface area contributed by atoms with E-state index in [2.05, 4.69) is 4.74 Å². The number of aliphatic hydroxyl groups is 1. The van der Waals surface area contributed by atoms with Crippen molar-refractivity contribution in [1.29, 1.82) is 5.26 Å². The van der Waals surface area contributed by atoms with Crippen LogP contribution in [-0.4, -0.2) is 37.4 Å². The van der Waals surface area contributed by atoms with Gasteiger partial charge in [0, 0.05) is 5.56 Å². The average Bonchev–Trinajstić information content (AvgIpc) is 2.39. The maximum absolute atomic E-state index is 12.3. The molecule has 0 aliphatic carbocycles. The lowest BCUT2D eigenvalue weighted by Gasteiger charge is -2.21. The van der Waals surface area contributed by atoms with Crippen LogP contribution >= 0.6 is 0 Å². The average molecular weight is 348 g/mol. The van der Waals surface area contributed by atoms with Gasteiger partial charge in [-0.25, -0.2) is 8.42 Å². The Bertz CT molecular complexity index is 717. The first-order valence-corrected chi connectivity index (χ1v) is 8.04. The molecule has 126 valence electrons. The summed E-state index contributed by atoms with van der Waals surface area (Å²) in [4.78, 5) is 11.2. The molecule has 1 aromatic rings. The molecule has 7 nitrogen and oxygen atoms in total. The van der Waals surface area contributed by atoms with Gasteiger partial charge < -0.3 is 15.6 Å². The zero-order valence-corrected chi connectivity index (χ0v) is 12.6. The van der Waals surface area contributed by atoms with Crippen molar-refractivity contribution in [1.82, 2.24) is 0 Å². The number of hydrogen-bond acceptors (Lipinski definition) is 6. The quantitative estimate of drug-likeness (QED) is 0.696. The molecule has 1 rings (SSSR count). The van der Waals surface area contributed by atoms with Crippen LogP contribution in [0.3, 0.4) is 0 Å². The van der Waals surface area contributed by atoms with E-state index in [-0.39, 0.29) is 11.3 Å². The van der Waals surface area contributed by atoms with Crippen molar-refractivity contribution < 1.29 is 31.8 Å². The Morgan fingerprint density at radius 2 is 2.04 bits per heavy atom. The summed E-state index contributed by atoms with van der Waals surface area (Å²) in [7, 11) is -4.14. The van der Waals surface area contributed by atoms with Crippen molar-refractivity contribution in [3.05, 3.63) is 29.8 Å². The number of sulfone groups is 1. The summed E-state index contributed by atoms with van der Waals surface area (Å²) >= 11 is 0. The molecule has 1 atom stereocenters. The number of primary amides is 1. The Morgan fingerprint density at radius 3 is 2.57 bits per heavy atom. The number of benzene rings is 1. The van der Waals surface area contributed by atoms with Crippen molar-refractivity contribution in [2.75, 3.05) is 5.75 Å². The molecule has 23 heavy (non-hydrogen) atoms. The van der Waals surface area contributed by atoms with Crippen LogP contribution in [0, 0.1) is 11.3 Å². The number of halogens is 2. The molecule has 0 saturated heterocycles. The summed E-state index contributed by atoms with van der Waals surface area (Å²) in [5.74, 6) is -3.57. The van der Waals surface area contributed by atoms with Gasteiger partial charge in [-0.05, 0) is 6.07 Å². The molecule has 10 heteroatoms. The summed E-state index contributed by atoms with van der Waals surface area (Å²) < 4.78 is 53.0. The topological polar surface area (TPSA) is 130 Å². The van der Waals surface area contributed by atoms with Crippen LogP contribution in [0.5, 0.6) is 5.75 Å². The number of carbonyl (C=O) groups is 1. The minimum absolute atomic E-state index is 0.0726. The highest BCUT2D eigenvalue weighted by Crippen LogP contribution is 2.24. The molecule has 0 aromatic heterocycles. The maximum Gasteiger partial charge on any atom is 0.387 e. The van der Waals surface area contributed by atoms with Gasteiger partial charge in [-0.3, -0.25) is 4.79 Å². The highest BCUT2D eigenvalue weighted by atomic mass is 32.2. The Hall–Kier alpha value is -2.25. The van der Waals surface area contributed by atoms with E-state index in [9.17, 15) is 27.1 Å². The Morgan fingerprint density at radius 1 is 1.43 bits per heavy atom. The van der Waals surface area contributed by atoms with Gasteiger partial charge >= 0.3 is 6.61 Å². The number of nitrogens with zero attached hydrogens (tertiary/aromatic N) is 1. The van der Waals surface area contributed by atoms with Crippen LogP contribution in [0.25, 0.3) is 0 Å². The van der Waals surface area contributed by atoms with Crippen molar-refractivity contribution >= 4 is 15.7 Å². The molecule has 1 aromatic carbocycles. The van der Waals surface area contributed by atoms with Gasteiger partial charge in [0.15, 0.2) is 15.4 Å². The van der Waals surface area contributed by atoms with E-state index < -0.39 is 45.9 Å². The normalized spacial score (nSPS) is 14.0. The van der Waals surface area contributed by atoms with E-state index >= 15 is 0 Å². The highest BCUT2D eigenvalue weighted by molar-refractivity contribution is 7.90. The zero-order valence-electron chi connectivity index (χ0n) is 11.8. The second-order valence-electron chi connectivity index (χ2n) is 4.75. The van der Waals surface area contributed by atoms with Gasteiger partial charge in [-0.2, -0.15) is 14.0 Å². The molecule has 1 unspecified atom stereocenters. The molecule has 0 spiro atoms. The van der Waals surface area contributed by atoms with E-state index in [1.165, 1.54) is 24.3 Å². The number of rotatable bonds is 8. The van der Waals surface area contributed by atoms with E-state index in [4.69, 9.17) is 11.0 Å². The fraction of sp³-hybridized carbons (Fsp3) is 0.385. The number of nitrogens with two attached hydrogens (primary N) is 1. The second kappa shape index (κ2) is 7.34. The van der Waals surface area contributed by atoms with Crippen molar-refractivity contribution in [2.24, 2.45) is 5.73 Å². The Balaban J connectivity index is 3.04. The number of amides is 1. The molecule has 0 saturated carbocycles. The highest BCUT2D eigenvalue weighted by Gasteiger charge is 2.39. The third-order valence-corrected chi connectivity index (χ3v) is 4.52. The minimum Gasteiger partial charge on any atom is -0.435 e. The monoisotopic (exact) mass is 348 g/mol. The van der Waals surface area contributed by atoms with E-state index in [1.807, 2.05) is 0 Å². The summed E-state index contributed by atoms with van der Waals surface area (Å²) in [6.45, 7) is -3.14. The minimum atomic E-state index is -4.14. The predicted octanol–water partition coefficient (Wildman–Crippen LogP) is 0.333. The van der Waals surface area contributed by atoms with Gasteiger partial charge in [0.25, 0.3) is 5.91 Å². The molecule has 0 radical (unpaired) electrons. The van der Waals surface area contributed by atoms with Crippen molar-refractivity contribution in [3.8, 4) is 11.8 Å². The number of carbonyl (C=O) groups excluding carboxylic acids is 1. The number of alkyl halides is 2. The number of hydrogen-bond donors (Lipinski definition) is 2. The fourth-order valence-electron chi connectivity index (χ4n) is 1.83. The van der Waals surface area contributed by atoms with Gasteiger partial charge in [-0.1, -0.05) is 18.2 Å². The van der Waals surface area contributed by atoms with Crippen LogP contribution in [-0.2, 0) is 20.4 Å². The van der Waals surface area contributed by atoms with E-state index in [0.29, 0.717) is 0 Å². The molecule has 0 aliphatic rings. The third kappa shape index (κ3) is 5.46. The van der Waals surface area contributed by atoms with Gasteiger partial charge in [-0.15, -0.1) is 0 Å². The largest absolute Gasteiger partial charge is 0.435 e. The van der Waals surface area contributed by atoms with Gasteiger partial charge in [0.2, 0.25) is 0 Å². The standard InChI is InChI=1S/C13H14F2N2O5S/c14-12(15)22-10-4-2-1-3-9(10)7-23(20,21)8-13(19,5-6-16)11(17)18/h1-4,12,19H,5,7-8H2,(H2,17,18). The summed E-state index contributed by atoms with van der Waals surface area (Å²) in [5.41, 5.74) is 2.30. The lowest BCUT2D eigenvalue weighted by Crippen LogP contribution is -2.49. The molecule has 1 amide bonds. The van der Waals surface area contributed by atoms with Crippen molar-refractivity contribution in [3.63, 3.8) is 0 Å². The molecular formula is C13H14F2N2O5S. The SMILES string of the molecule is N#CCC(O)(CS(=O)(=O)Cc1ccccc1OC(F)F)C(N)=O. The molecule has 0 aliphatic heterocycles. The fourth-order valence-corrected chi connectivity index (χ4v) is 3.61. The van der Waals surface area contributed by atoms with Gasteiger partial charge in [0.1, 0.15) is 5.75 Å². The molecule has 0 heterocycles. The van der Waals surface area contributed by atoms with Crippen LogP contribution in [0.1, 0.15) is 12.0 Å². The van der Waals surface area contributed by atoms with Crippen LogP contribution in [0.15, 0.2) is 24.3 Å². The number of ether oxygens (including phenoxy) is 1. The summed E-state index contributed by atoms with van der Waals surface area (Å²) in [6, 6.07) is 6.68. The first-order chi connectivity index (χ1) is 10.6. The summed E-state index contributed by atoms with van der Waals surface area (Å²) in [6.07, 6.45) is -0.809. The van der Waals surface area contributed by atoms with E-state index in [0.717, 1.165) is 6.07 Å². The molecule has 0 bridgehead atoms. The smallest absolute Gasteiger partial charge is 0.387 e. The zero-order chi connectivity index (χ0) is 17.7. The van der Waals surface area contributed by atoms with Crippen molar-refractivity contribution in [2.45, 2.75) is 24.4 Å². The first kappa shape index (κ1) is 18.8. The Labute approximate surface area is 131 Å². The number of para-hydroxylation sites is 1. The molecular weight excluding hydrogens is 334 g/mol. The van der Waals surface area contributed by atoms with Crippen LogP contribution in [0.4, 0.5) is 8.78 Å². The lowest BCUT2D eigenvalue weighted by molar-refractivity contribution is -0.133. The lowest BCUT2D eigenvalue weighted by atomic mass is 10.0. The molecule has 3 N–H and O–H groups in total. The predicted molar refractivity (Wildman–Crippen MR) is 74.9 cm³/mol. The third-order valence-electron chi connectivity index (χ3n) is 2.85. The second-order valence-corrected chi connectivity index (χ2v) is 6.81. The van der Waals surface area contributed by atoms with E-state index in [1.54, 1.807) is 0 Å². The number of nitriles is 1. The summed E-state index contributed by atoms with van der Waals surface area (Å²) in [5, 5.41) is 18.5.